The molecule has 0 aliphatic heterocycles. The maximum atomic E-state index is 13.9. The highest BCUT2D eigenvalue weighted by molar-refractivity contribution is 7.17. The molecule has 1 amide bonds. The lowest BCUT2D eigenvalue weighted by molar-refractivity contribution is -0.139. The van der Waals surface area contributed by atoms with Gasteiger partial charge in [-0.25, -0.2) is 4.79 Å². The fraction of sp³-hybridized carbons (Fsp3) is 0.391. The number of halogens is 2. The van der Waals surface area contributed by atoms with E-state index in [4.69, 9.17) is 32.7 Å². The van der Waals surface area contributed by atoms with Gasteiger partial charge >= 0.3 is 11.9 Å². The van der Waals surface area contributed by atoms with Crippen LogP contribution in [0.3, 0.4) is 0 Å². The minimum Gasteiger partial charge on any atom is -0.469 e. The van der Waals surface area contributed by atoms with E-state index in [1.54, 1.807) is 12.4 Å². The van der Waals surface area contributed by atoms with E-state index >= 15 is 0 Å². The number of hydrogen-bond donors (Lipinski definition) is 0. The average Bonchev–Trinajstić information content (AvgIpc) is 3.09. The molecule has 0 atom stereocenters. The van der Waals surface area contributed by atoms with E-state index in [1.807, 2.05) is 13.0 Å². The molecule has 0 saturated heterocycles. The second kappa shape index (κ2) is 11.1. The summed E-state index contributed by atoms with van der Waals surface area (Å²) >= 11 is 14.3. The number of rotatable bonds is 7. The highest BCUT2D eigenvalue weighted by atomic mass is 35.5. The quantitative estimate of drug-likeness (QED) is 0.484. The number of pyridine rings is 1. The molecule has 2 heterocycles. The summed E-state index contributed by atoms with van der Waals surface area (Å²) in [6.45, 7) is 2.06. The zero-order valence-electron chi connectivity index (χ0n) is 18.6. The summed E-state index contributed by atoms with van der Waals surface area (Å²) in [5, 5.41) is 0.210. The van der Waals surface area contributed by atoms with Crippen LogP contribution in [0.5, 0.6) is 0 Å². The molecular formula is C23H24Cl2N2O5S. The number of hydrogen-bond acceptors (Lipinski definition) is 7. The van der Waals surface area contributed by atoms with Crippen LogP contribution in [-0.2, 0) is 36.8 Å². The highest BCUT2D eigenvalue weighted by Gasteiger charge is 2.32. The Morgan fingerprint density at radius 3 is 2.45 bits per heavy atom. The SMILES string of the molecule is COC(=O)Cc1sc(Cl)c(N(Cc2cnccc2C)C(=O)C2=C(C(=O)OC)CCCC2)c1Cl. The van der Waals surface area contributed by atoms with E-state index < -0.39 is 11.9 Å². The van der Waals surface area contributed by atoms with Crippen LogP contribution in [0.25, 0.3) is 0 Å². The second-order valence-electron chi connectivity index (χ2n) is 7.56. The van der Waals surface area contributed by atoms with E-state index in [2.05, 4.69) is 4.98 Å². The van der Waals surface area contributed by atoms with Gasteiger partial charge < -0.3 is 14.4 Å². The molecule has 0 unspecified atom stereocenters. The number of thiophene rings is 1. The van der Waals surface area contributed by atoms with E-state index in [9.17, 15) is 14.4 Å². The van der Waals surface area contributed by atoms with Gasteiger partial charge in [0.25, 0.3) is 5.91 Å². The Bertz CT molecular complexity index is 1110. The number of anilines is 1. The number of ether oxygens (including phenoxy) is 2. The van der Waals surface area contributed by atoms with E-state index in [-0.39, 0.29) is 28.2 Å². The minimum atomic E-state index is -0.510. The molecule has 176 valence electrons. The number of carbonyl (C=O) groups is 3. The van der Waals surface area contributed by atoms with Gasteiger partial charge in [-0.3, -0.25) is 14.6 Å². The van der Waals surface area contributed by atoms with Gasteiger partial charge in [-0.1, -0.05) is 23.2 Å². The first-order valence-corrected chi connectivity index (χ1v) is 11.9. The van der Waals surface area contributed by atoms with Crippen molar-refractivity contribution in [2.45, 2.75) is 45.6 Å². The van der Waals surface area contributed by atoms with Crippen molar-refractivity contribution >= 4 is 58.1 Å². The molecule has 10 heteroatoms. The highest BCUT2D eigenvalue weighted by Crippen LogP contribution is 2.45. The number of methoxy groups -OCH3 is 2. The number of nitrogens with zero attached hydrogens (tertiary/aromatic N) is 2. The van der Waals surface area contributed by atoms with Gasteiger partial charge in [0.05, 0.1) is 37.9 Å². The van der Waals surface area contributed by atoms with Gasteiger partial charge in [0.15, 0.2) is 0 Å². The van der Waals surface area contributed by atoms with Gasteiger partial charge in [0.1, 0.15) is 4.34 Å². The van der Waals surface area contributed by atoms with Crippen LogP contribution in [0.4, 0.5) is 5.69 Å². The Hall–Kier alpha value is -2.42. The van der Waals surface area contributed by atoms with Crippen molar-refractivity contribution < 1.29 is 23.9 Å². The lowest BCUT2D eigenvalue weighted by atomic mass is 9.90. The fourth-order valence-electron chi connectivity index (χ4n) is 3.70. The number of aromatic nitrogens is 1. The molecule has 33 heavy (non-hydrogen) atoms. The van der Waals surface area contributed by atoms with E-state index in [1.165, 1.54) is 19.1 Å². The van der Waals surface area contributed by atoms with Crippen molar-refractivity contribution in [1.82, 2.24) is 4.98 Å². The molecule has 0 fully saturated rings. The van der Waals surface area contributed by atoms with E-state index in [0.717, 1.165) is 35.3 Å². The molecule has 1 aliphatic carbocycles. The number of esters is 2. The first kappa shape index (κ1) is 25.2. The topological polar surface area (TPSA) is 85.8 Å². The molecule has 3 rings (SSSR count). The summed E-state index contributed by atoms with van der Waals surface area (Å²) in [6.07, 6.45) is 5.76. The number of amides is 1. The zero-order chi connectivity index (χ0) is 24.1. The predicted octanol–water partition coefficient (Wildman–Crippen LogP) is 5.05. The van der Waals surface area contributed by atoms with Crippen LogP contribution in [0, 0.1) is 6.92 Å². The third-order valence-corrected chi connectivity index (χ3v) is 7.43. The summed E-state index contributed by atoms with van der Waals surface area (Å²) in [7, 11) is 2.59. The van der Waals surface area contributed by atoms with Gasteiger partial charge in [-0.15, -0.1) is 11.3 Å². The summed E-state index contributed by atoms with van der Waals surface area (Å²) < 4.78 is 9.93. The van der Waals surface area contributed by atoms with Crippen molar-refractivity contribution in [1.29, 1.82) is 0 Å². The normalized spacial score (nSPS) is 13.6. The maximum Gasteiger partial charge on any atom is 0.334 e. The molecule has 0 saturated carbocycles. The Morgan fingerprint density at radius 1 is 1.12 bits per heavy atom. The van der Waals surface area contributed by atoms with Gasteiger partial charge in [0.2, 0.25) is 0 Å². The van der Waals surface area contributed by atoms with Crippen molar-refractivity contribution in [3.05, 3.63) is 55.0 Å². The Balaban J connectivity index is 2.12. The van der Waals surface area contributed by atoms with Crippen LogP contribution in [0.15, 0.2) is 29.6 Å². The molecule has 0 radical (unpaired) electrons. The Morgan fingerprint density at radius 2 is 1.82 bits per heavy atom. The van der Waals surface area contributed by atoms with Crippen LogP contribution in [0.1, 0.15) is 41.7 Å². The third-order valence-electron chi connectivity index (χ3n) is 5.53. The van der Waals surface area contributed by atoms with Crippen LogP contribution in [0.2, 0.25) is 9.36 Å². The molecule has 0 spiro atoms. The zero-order valence-corrected chi connectivity index (χ0v) is 20.9. The second-order valence-corrected chi connectivity index (χ2v) is 9.65. The maximum absolute atomic E-state index is 13.9. The van der Waals surface area contributed by atoms with Gasteiger partial charge in [-0.05, 0) is 49.8 Å². The van der Waals surface area contributed by atoms with Crippen molar-refractivity contribution in [2.24, 2.45) is 0 Å². The molecule has 0 N–H and O–H groups in total. The largest absolute Gasteiger partial charge is 0.469 e. The Kier molecular flexibility index (Phi) is 8.51. The molecule has 0 bridgehead atoms. The van der Waals surface area contributed by atoms with E-state index in [0.29, 0.717) is 34.6 Å². The summed E-state index contributed by atoms with van der Waals surface area (Å²) in [5.41, 5.74) is 2.81. The molecule has 7 nitrogen and oxygen atoms in total. The van der Waals surface area contributed by atoms with Crippen molar-refractivity contribution in [3.63, 3.8) is 0 Å². The molecule has 2 aromatic rings. The lowest BCUT2D eigenvalue weighted by Crippen LogP contribution is -2.34. The number of carbonyl (C=O) groups excluding carboxylic acids is 3. The Labute approximate surface area is 206 Å². The molecule has 1 aliphatic rings. The average molecular weight is 511 g/mol. The van der Waals surface area contributed by atoms with Crippen LogP contribution in [-0.4, -0.2) is 37.0 Å². The van der Waals surface area contributed by atoms with Crippen molar-refractivity contribution in [3.8, 4) is 0 Å². The monoisotopic (exact) mass is 510 g/mol. The fourth-order valence-corrected chi connectivity index (χ4v) is 5.56. The van der Waals surface area contributed by atoms with Crippen molar-refractivity contribution in [2.75, 3.05) is 19.1 Å². The first-order chi connectivity index (χ1) is 15.8. The minimum absolute atomic E-state index is 0.0657. The lowest BCUT2D eigenvalue weighted by Gasteiger charge is -2.27. The van der Waals surface area contributed by atoms with Crippen LogP contribution >= 0.6 is 34.5 Å². The summed E-state index contributed by atoms with van der Waals surface area (Å²) in [4.78, 5) is 44.2. The molecular weight excluding hydrogens is 487 g/mol. The number of aryl methyl sites for hydroxylation is 1. The van der Waals surface area contributed by atoms with Gasteiger partial charge in [-0.2, -0.15) is 0 Å². The summed E-state index contributed by atoms with van der Waals surface area (Å²) in [6, 6.07) is 1.84. The van der Waals surface area contributed by atoms with Crippen LogP contribution < -0.4 is 4.90 Å². The smallest absolute Gasteiger partial charge is 0.334 e. The first-order valence-electron chi connectivity index (χ1n) is 10.3. The molecule has 0 aromatic carbocycles. The standard InChI is InChI=1S/C23H24Cl2N2O5S/c1-13-8-9-26-11-14(13)12-27(20-19(24)17(33-21(20)25)10-18(28)31-2)22(29)15-6-4-5-7-16(15)23(30)32-3/h8-9,11H,4-7,10,12H2,1-3H3. The van der Waals surface area contributed by atoms with Gasteiger partial charge in [0, 0.05) is 28.4 Å². The summed E-state index contributed by atoms with van der Waals surface area (Å²) in [5.74, 6) is -1.35. The predicted molar refractivity (Wildman–Crippen MR) is 128 cm³/mol. The third kappa shape index (κ3) is 5.57. The molecule has 2 aromatic heterocycles.